The summed E-state index contributed by atoms with van der Waals surface area (Å²) < 4.78 is 5.34. The normalized spacial score (nSPS) is 14.2. The molecule has 0 saturated heterocycles. The van der Waals surface area contributed by atoms with Gasteiger partial charge < -0.3 is 25.4 Å². The van der Waals surface area contributed by atoms with Gasteiger partial charge >= 0.3 is 5.97 Å². The Balaban J connectivity index is 1.36. The lowest BCUT2D eigenvalue weighted by atomic mass is 9.83. The Morgan fingerprint density at radius 1 is 1.18 bits per heavy atom. The van der Waals surface area contributed by atoms with Crippen molar-refractivity contribution in [2.45, 2.75) is 52.0 Å². The van der Waals surface area contributed by atoms with Gasteiger partial charge in [0.15, 0.2) is 0 Å². The van der Waals surface area contributed by atoms with Crippen LogP contribution in [0.15, 0.2) is 42.7 Å². The van der Waals surface area contributed by atoms with Gasteiger partial charge in [0.1, 0.15) is 24.0 Å². The number of nitrogens with one attached hydrogen (secondary N) is 2. The van der Waals surface area contributed by atoms with Crippen molar-refractivity contribution in [3.05, 3.63) is 54.0 Å². The van der Waals surface area contributed by atoms with Crippen molar-refractivity contribution in [2.75, 3.05) is 50.5 Å². The van der Waals surface area contributed by atoms with Gasteiger partial charge in [-0.2, -0.15) is 0 Å². The van der Waals surface area contributed by atoms with E-state index in [2.05, 4.69) is 51.5 Å². The van der Waals surface area contributed by atoms with E-state index in [9.17, 15) is 9.90 Å². The number of nitrogens with zero attached hydrogens (tertiary/aromatic N) is 4. The molecule has 1 aromatic carbocycles. The molecule has 3 aromatic rings. The second kappa shape index (κ2) is 13.0. The molecule has 3 N–H and O–H groups in total. The zero-order valence-corrected chi connectivity index (χ0v) is 22.7. The van der Waals surface area contributed by atoms with Crippen molar-refractivity contribution in [3.8, 4) is 0 Å². The molecule has 2 aromatic heterocycles. The number of pyridine rings is 1. The van der Waals surface area contributed by atoms with Crippen LogP contribution in [0.5, 0.6) is 0 Å². The maximum absolute atomic E-state index is 12.1. The number of aryl methyl sites for hydroxylation is 1. The van der Waals surface area contributed by atoms with E-state index in [1.54, 1.807) is 7.11 Å². The molecule has 0 radical (unpaired) electrons. The van der Waals surface area contributed by atoms with Crippen LogP contribution in [0, 0.1) is 5.41 Å². The van der Waals surface area contributed by atoms with Gasteiger partial charge in [-0.15, -0.1) is 0 Å². The number of rotatable bonds is 14. The lowest BCUT2D eigenvalue weighted by Crippen LogP contribution is -2.38. The molecule has 1 aliphatic rings. The number of benzene rings is 1. The van der Waals surface area contributed by atoms with Gasteiger partial charge in [0, 0.05) is 37.8 Å². The summed E-state index contributed by atoms with van der Waals surface area (Å²) in [7, 11) is 1.69. The van der Waals surface area contributed by atoms with Gasteiger partial charge in [-0.05, 0) is 67.8 Å². The first-order valence-electron chi connectivity index (χ1n) is 13.5. The van der Waals surface area contributed by atoms with E-state index in [1.807, 2.05) is 24.3 Å². The summed E-state index contributed by atoms with van der Waals surface area (Å²) in [6.07, 6.45) is 6.00. The van der Waals surface area contributed by atoms with E-state index in [1.165, 1.54) is 11.9 Å². The average molecular weight is 521 g/mol. The van der Waals surface area contributed by atoms with Crippen LogP contribution in [0.1, 0.15) is 44.4 Å². The van der Waals surface area contributed by atoms with Crippen molar-refractivity contribution in [1.29, 1.82) is 0 Å². The van der Waals surface area contributed by atoms with Gasteiger partial charge in [0.2, 0.25) is 0 Å². The first kappa shape index (κ1) is 27.7. The molecule has 1 atom stereocenters. The Morgan fingerprint density at radius 3 is 2.84 bits per heavy atom. The number of hydrogen-bond donors (Lipinski definition) is 3. The number of hydrogen-bond acceptors (Lipinski definition) is 8. The third kappa shape index (κ3) is 7.61. The van der Waals surface area contributed by atoms with E-state index < -0.39 is 12.0 Å². The fourth-order valence-corrected chi connectivity index (χ4v) is 4.92. The third-order valence-electron chi connectivity index (χ3n) is 7.21. The van der Waals surface area contributed by atoms with Gasteiger partial charge in [-0.1, -0.05) is 32.0 Å². The van der Waals surface area contributed by atoms with Crippen LogP contribution < -0.4 is 10.6 Å². The summed E-state index contributed by atoms with van der Waals surface area (Å²) in [4.78, 5) is 27.9. The highest BCUT2D eigenvalue weighted by Crippen LogP contribution is 2.28. The molecule has 204 valence electrons. The van der Waals surface area contributed by atoms with Gasteiger partial charge in [0.05, 0.1) is 12.1 Å². The third-order valence-corrected chi connectivity index (χ3v) is 7.21. The number of fused-ring (bicyclic) bond motifs is 2. The van der Waals surface area contributed by atoms with Crippen LogP contribution in [0.25, 0.3) is 10.9 Å². The zero-order chi connectivity index (χ0) is 27.0. The van der Waals surface area contributed by atoms with Crippen molar-refractivity contribution < 1.29 is 14.6 Å². The summed E-state index contributed by atoms with van der Waals surface area (Å²) in [6.45, 7) is 8.36. The quantitative estimate of drug-likeness (QED) is 0.287. The average Bonchev–Trinajstić information content (AvgIpc) is 2.91. The highest BCUT2D eigenvalue weighted by atomic mass is 16.5. The van der Waals surface area contributed by atoms with Gasteiger partial charge in [0.25, 0.3) is 0 Å². The van der Waals surface area contributed by atoms with E-state index in [4.69, 9.17) is 9.72 Å². The molecule has 9 heteroatoms. The number of ether oxygens (including phenoxy) is 1. The lowest BCUT2D eigenvalue weighted by molar-refractivity contribution is -0.138. The van der Waals surface area contributed by atoms with Gasteiger partial charge in [-0.25, -0.2) is 19.7 Å². The summed E-state index contributed by atoms with van der Waals surface area (Å²) in [5.41, 5.74) is 3.24. The minimum atomic E-state index is -0.896. The number of aromatic nitrogens is 3. The van der Waals surface area contributed by atoms with Crippen LogP contribution in [0.4, 0.5) is 11.6 Å². The molecule has 0 spiro atoms. The van der Waals surface area contributed by atoms with Crippen LogP contribution in [-0.2, 0) is 22.4 Å². The predicted molar refractivity (Wildman–Crippen MR) is 151 cm³/mol. The maximum Gasteiger partial charge on any atom is 0.326 e. The van der Waals surface area contributed by atoms with E-state index in [0.29, 0.717) is 25.4 Å². The SMILES string of the molecule is COCCN(CC[C@H](Nc1ncnc2ccccc12)C(=O)O)CCC(C)(C)Cc1ccc2c(n1)NCCC2. The number of para-hydroxylation sites is 1. The largest absolute Gasteiger partial charge is 0.480 e. The molecular weight excluding hydrogens is 480 g/mol. The van der Waals surface area contributed by atoms with Crippen LogP contribution in [-0.4, -0.2) is 76.9 Å². The first-order valence-corrected chi connectivity index (χ1v) is 13.5. The Morgan fingerprint density at radius 2 is 2.03 bits per heavy atom. The summed E-state index contributed by atoms with van der Waals surface area (Å²) in [5, 5.41) is 17.3. The van der Waals surface area contributed by atoms with Gasteiger partial charge in [-0.3, -0.25) is 0 Å². The Hall–Kier alpha value is -3.30. The number of aliphatic carboxylic acids is 1. The van der Waals surface area contributed by atoms with E-state index in [0.717, 1.165) is 67.7 Å². The minimum absolute atomic E-state index is 0.0472. The number of methoxy groups -OCH3 is 1. The standard InChI is InChI=1S/C29H40N6O3/c1-29(2,19-22-11-10-21-7-6-14-30-26(21)33-22)13-16-35(17-18-38-3)15-12-25(28(36)37)34-27-23-8-4-5-9-24(23)31-20-32-27/h4-5,8-11,20,25H,6-7,12-19H2,1-3H3,(H,30,33)(H,36,37)(H,31,32,34)/t25-/m0/s1. The van der Waals surface area contributed by atoms with Crippen molar-refractivity contribution >= 4 is 28.5 Å². The fraction of sp³-hybridized carbons (Fsp3) is 0.517. The fourth-order valence-electron chi connectivity index (χ4n) is 4.92. The molecule has 0 fully saturated rings. The van der Waals surface area contributed by atoms with Crippen molar-refractivity contribution in [3.63, 3.8) is 0 Å². The molecule has 38 heavy (non-hydrogen) atoms. The van der Waals surface area contributed by atoms with Crippen molar-refractivity contribution in [2.24, 2.45) is 5.41 Å². The zero-order valence-electron chi connectivity index (χ0n) is 22.7. The lowest BCUT2D eigenvalue weighted by Gasteiger charge is -2.30. The molecule has 0 unspecified atom stereocenters. The topological polar surface area (TPSA) is 112 Å². The number of carboxylic acid groups (broad SMARTS) is 1. The molecule has 0 saturated carbocycles. The second-order valence-electron chi connectivity index (χ2n) is 10.8. The molecular formula is C29H40N6O3. The summed E-state index contributed by atoms with van der Waals surface area (Å²) in [6, 6.07) is 11.2. The Labute approximate surface area is 225 Å². The van der Waals surface area contributed by atoms with Crippen LogP contribution in [0.3, 0.4) is 0 Å². The molecule has 0 aliphatic carbocycles. The predicted octanol–water partition coefficient (Wildman–Crippen LogP) is 4.25. The number of carbonyl (C=O) groups is 1. The highest BCUT2D eigenvalue weighted by Gasteiger charge is 2.24. The number of anilines is 2. The minimum Gasteiger partial charge on any atom is -0.480 e. The molecule has 4 rings (SSSR count). The molecule has 3 heterocycles. The summed E-state index contributed by atoms with van der Waals surface area (Å²) in [5.74, 6) is 0.682. The second-order valence-corrected chi connectivity index (χ2v) is 10.8. The molecule has 0 bridgehead atoms. The van der Waals surface area contributed by atoms with Crippen molar-refractivity contribution in [1.82, 2.24) is 19.9 Å². The van der Waals surface area contributed by atoms with E-state index >= 15 is 0 Å². The maximum atomic E-state index is 12.1. The Bertz CT molecular complexity index is 1210. The highest BCUT2D eigenvalue weighted by molar-refractivity contribution is 5.90. The van der Waals surface area contributed by atoms with Crippen LogP contribution >= 0.6 is 0 Å². The smallest absolute Gasteiger partial charge is 0.326 e. The first-order chi connectivity index (χ1) is 18.3. The molecule has 1 aliphatic heterocycles. The van der Waals surface area contributed by atoms with Crippen LogP contribution in [0.2, 0.25) is 0 Å². The molecule has 9 nitrogen and oxygen atoms in total. The summed E-state index contributed by atoms with van der Waals surface area (Å²) >= 11 is 0. The molecule has 0 amide bonds. The van der Waals surface area contributed by atoms with E-state index in [-0.39, 0.29) is 5.41 Å². The number of carboxylic acids is 1. The monoisotopic (exact) mass is 520 g/mol. The Kier molecular flexibility index (Phi) is 9.47.